The summed E-state index contributed by atoms with van der Waals surface area (Å²) in [6, 6.07) is 14.2. The second-order valence-corrected chi connectivity index (χ2v) is 5.88. The minimum absolute atomic E-state index is 0.298. The summed E-state index contributed by atoms with van der Waals surface area (Å²) in [6.07, 6.45) is 2.09. The van der Waals surface area contributed by atoms with Crippen molar-refractivity contribution in [3.8, 4) is 0 Å². The molecule has 3 heteroatoms. The molecule has 0 saturated heterocycles. The molecule has 0 N–H and O–H groups in total. The molecule has 2 rings (SSSR count). The van der Waals surface area contributed by atoms with Crippen LogP contribution in [-0.2, 0) is 17.6 Å². The van der Waals surface area contributed by atoms with Crippen LogP contribution in [0.3, 0.4) is 0 Å². The number of carbonyl (C=O) groups is 1. The van der Waals surface area contributed by atoms with Crippen molar-refractivity contribution in [1.29, 1.82) is 0 Å². The molecule has 0 unspecified atom stereocenters. The number of rotatable bonds is 5. The van der Waals surface area contributed by atoms with E-state index in [4.69, 9.17) is 4.74 Å². The second kappa shape index (κ2) is 7.32. The van der Waals surface area contributed by atoms with Crippen molar-refractivity contribution in [2.45, 2.75) is 36.5 Å². The Hall–Kier alpha value is -1.74. The van der Waals surface area contributed by atoms with E-state index in [9.17, 15) is 4.79 Å². The fourth-order valence-corrected chi connectivity index (χ4v) is 3.13. The third kappa shape index (κ3) is 3.88. The molecule has 0 aliphatic carbocycles. The first kappa shape index (κ1) is 15.6. The first-order chi connectivity index (χ1) is 10.2. The normalized spacial score (nSPS) is 10.4. The Morgan fingerprint density at radius 1 is 1.05 bits per heavy atom. The number of aryl methyl sites for hydroxylation is 2. The van der Waals surface area contributed by atoms with Crippen LogP contribution in [0, 0.1) is 0 Å². The number of benzene rings is 2. The molecule has 0 fully saturated rings. The van der Waals surface area contributed by atoms with Gasteiger partial charge in [-0.05, 0) is 54.3 Å². The summed E-state index contributed by atoms with van der Waals surface area (Å²) in [7, 11) is 1.40. The van der Waals surface area contributed by atoms with Gasteiger partial charge in [-0.25, -0.2) is 4.79 Å². The van der Waals surface area contributed by atoms with Gasteiger partial charge in [-0.15, -0.1) is 0 Å². The molecule has 0 saturated carbocycles. The maximum atomic E-state index is 11.4. The van der Waals surface area contributed by atoms with E-state index in [0.717, 1.165) is 17.7 Å². The predicted octanol–water partition coefficient (Wildman–Crippen LogP) is 4.75. The van der Waals surface area contributed by atoms with Gasteiger partial charge in [-0.2, -0.15) is 0 Å². The molecule has 0 aliphatic heterocycles. The highest BCUT2D eigenvalue weighted by atomic mass is 32.2. The van der Waals surface area contributed by atoms with Gasteiger partial charge >= 0.3 is 5.97 Å². The standard InChI is InChI=1S/C18H20O2S/c1-4-13-6-11-17(14(5-2)12-13)21-16-9-7-15(8-10-16)18(19)20-3/h6-12H,4-5H2,1-3H3. The molecule has 2 nitrogen and oxygen atoms in total. The number of hydrogen-bond acceptors (Lipinski definition) is 3. The Morgan fingerprint density at radius 3 is 2.33 bits per heavy atom. The summed E-state index contributed by atoms with van der Waals surface area (Å²) in [5.74, 6) is -0.298. The lowest BCUT2D eigenvalue weighted by molar-refractivity contribution is 0.0600. The minimum Gasteiger partial charge on any atom is -0.465 e. The molecule has 0 bridgehead atoms. The first-order valence-corrected chi connectivity index (χ1v) is 7.97. The van der Waals surface area contributed by atoms with E-state index in [-0.39, 0.29) is 5.97 Å². The molecule has 0 aliphatic rings. The maximum Gasteiger partial charge on any atom is 0.337 e. The van der Waals surface area contributed by atoms with Gasteiger partial charge in [-0.1, -0.05) is 37.7 Å². The number of carbonyl (C=O) groups excluding carboxylic acids is 1. The Bertz CT molecular complexity index is 618. The van der Waals surface area contributed by atoms with Crippen LogP contribution in [0.2, 0.25) is 0 Å². The first-order valence-electron chi connectivity index (χ1n) is 7.16. The predicted molar refractivity (Wildman–Crippen MR) is 87.1 cm³/mol. The van der Waals surface area contributed by atoms with Crippen LogP contribution in [0.4, 0.5) is 0 Å². The van der Waals surface area contributed by atoms with E-state index < -0.39 is 0 Å². The molecule has 0 atom stereocenters. The number of esters is 1. The second-order valence-electron chi connectivity index (χ2n) is 4.77. The van der Waals surface area contributed by atoms with Gasteiger partial charge in [0.25, 0.3) is 0 Å². The molecule has 2 aromatic rings. The number of methoxy groups -OCH3 is 1. The van der Waals surface area contributed by atoms with Crippen molar-refractivity contribution in [2.75, 3.05) is 7.11 Å². The SMILES string of the molecule is CCc1ccc(Sc2ccc(C(=O)OC)cc2)c(CC)c1. The van der Waals surface area contributed by atoms with Crippen LogP contribution in [0.15, 0.2) is 52.3 Å². The van der Waals surface area contributed by atoms with Crippen LogP contribution in [0.1, 0.15) is 35.3 Å². The van der Waals surface area contributed by atoms with Gasteiger partial charge in [0.2, 0.25) is 0 Å². The van der Waals surface area contributed by atoms with Crippen LogP contribution >= 0.6 is 11.8 Å². The largest absolute Gasteiger partial charge is 0.465 e. The maximum absolute atomic E-state index is 11.4. The molecule has 110 valence electrons. The Kier molecular flexibility index (Phi) is 5.45. The van der Waals surface area contributed by atoms with Gasteiger partial charge in [0, 0.05) is 9.79 Å². The Labute approximate surface area is 130 Å². The van der Waals surface area contributed by atoms with Crippen molar-refractivity contribution in [3.05, 3.63) is 59.2 Å². The molecular formula is C18H20O2S. The summed E-state index contributed by atoms with van der Waals surface area (Å²) in [5.41, 5.74) is 3.33. The summed E-state index contributed by atoms with van der Waals surface area (Å²) in [5, 5.41) is 0. The molecule has 2 aromatic carbocycles. The Balaban J connectivity index is 2.20. The van der Waals surface area contributed by atoms with E-state index in [1.54, 1.807) is 23.9 Å². The van der Waals surface area contributed by atoms with Crippen LogP contribution in [-0.4, -0.2) is 13.1 Å². The summed E-state index contributed by atoms with van der Waals surface area (Å²) >= 11 is 1.73. The third-order valence-corrected chi connectivity index (χ3v) is 4.54. The van der Waals surface area contributed by atoms with Crippen LogP contribution in [0.5, 0.6) is 0 Å². The molecule has 21 heavy (non-hydrogen) atoms. The molecule has 0 aromatic heterocycles. The molecule has 0 radical (unpaired) electrons. The smallest absolute Gasteiger partial charge is 0.337 e. The Morgan fingerprint density at radius 2 is 1.76 bits per heavy atom. The number of ether oxygens (including phenoxy) is 1. The number of hydrogen-bond donors (Lipinski definition) is 0. The summed E-state index contributed by atoms with van der Waals surface area (Å²) in [4.78, 5) is 13.8. The lowest BCUT2D eigenvalue weighted by atomic mass is 10.1. The topological polar surface area (TPSA) is 26.3 Å². The van der Waals surface area contributed by atoms with Gasteiger partial charge in [0.05, 0.1) is 12.7 Å². The zero-order valence-corrected chi connectivity index (χ0v) is 13.5. The average Bonchev–Trinajstić information content (AvgIpc) is 2.55. The fraction of sp³-hybridized carbons (Fsp3) is 0.278. The van der Waals surface area contributed by atoms with Crippen molar-refractivity contribution >= 4 is 17.7 Å². The van der Waals surface area contributed by atoms with E-state index in [1.807, 2.05) is 12.1 Å². The van der Waals surface area contributed by atoms with Crippen molar-refractivity contribution < 1.29 is 9.53 Å². The van der Waals surface area contributed by atoms with Gasteiger partial charge in [0.15, 0.2) is 0 Å². The molecule has 0 spiro atoms. The quantitative estimate of drug-likeness (QED) is 0.745. The third-order valence-electron chi connectivity index (χ3n) is 3.42. The zero-order valence-electron chi connectivity index (χ0n) is 12.7. The minimum atomic E-state index is -0.298. The highest BCUT2D eigenvalue weighted by molar-refractivity contribution is 7.99. The molecule has 0 heterocycles. The average molecular weight is 300 g/mol. The van der Waals surface area contributed by atoms with Gasteiger partial charge in [-0.3, -0.25) is 0 Å². The van der Waals surface area contributed by atoms with E-state index in [1.165, 1.54) is 23.1 Å². The lowest BCUT2D eigenvalue weighted by Gasteiger charge is -2.10. The highest BCUT2D eigenvalue weighted by Crippen LogP contribution is 2.31. The molecule has 0 amide bonds. The monoisotopic (exact) mass is 300 g/mol. The van der Waals surface area contributed by atoms with Gasteiger partial charge < -0.3 is 4.74 Å². The van der Waals surface area contributed by atoms with Crippen molar-refractivity contribution in [2.24, 2.45) is 0 Å². The van der Waals surface area contributed by atoms with E-state index >= 15 is 0 Å². The van der Waals surface area contributed by atoms with Crippen molar-refractivity contribution in [1.82, 2.24) is 0 Å². The van der Waals surface area contributed by atoms with Crippen LogP contribution in [0.25, 0.3) is 0 Å². The lowest BCUT2D eigenvalue weighted by Crippen LogP contribution is -2.00. The summed E-state index contributed by atoms with van der Waals surface area (Å²) < 4.78 is 4.71. The van der Waals surface area contributed by atoms with E-state index in [0.29, 0.717) is 5.56 Å². The van der Waals surface area contributed by atoms with E-state index in [2.05, 4.69) is 32.0 Å². The van der Waals surface area contributed by atoms with Crippen molar-refractivity contribution in [3.63, 3.8) is 0 Å². The summed E-state index contributed by atoms with van der Waals surface area (Å²) in [6.45, 7) is 4.35. The van der Waals surface area contributed by atoms with Gasteiger partial charge in [0.1, 0.15) is 0 Å². The zero-order chi connectivity index (χ0) is 15.2. The highest BCUT2D eigenvalue weighted by Gasteiger charge is 2.07. The molecular weight excluding hydrogens is 280 g/mol. The fourth-order valence-electron chi connectivity index (χ4n) is 2.13. The van der Waals surface area contributed by atoms with Crippen LogP contribution < -0.4 is 0 Å².